The molecule has 0 aliphatic heterocycles. The summed E-state index contributed by atoms with van der Waals surface area (Å²) in [6.07, 6.45) is 1.12. The van der Waals surface area contributed by atoms with Gasteiger partial charge >= 0.3 is 0 Å². The molecule has 8 aromatic rings. The average Bonchev–Trinajstić information content (AvgIpc) is 3.40. The van der Waals surface area contributed by atoms with E-state index >= 15 is 0 Å². The molecule has 1 heterocycles. The van der Waals surface area contributed by atoms with Crippen LogP contribution in [0.25, 0.3) is 54.3 Å². The predicted molar refractivity (Wildman–Crippen MR) is 165 cm³/mol. The minimum absolute atomic E-state index is 0.162. The van der Waals surface area contributed by atoms with Gasteiger partial charge in [0, 0.05) is 17.2 Å². The summed E-state index contributed by atoms with van der Waals surface area (Å²) in [5.74, 6) is 0. The van der Waals surface area contributed by atoms with Crippen molar-refractivity contribution in [2.24, 2.45) is 0 Å². The third-order valence-electron chi connectivity index (χ3n) is 7.96. The van der Waals surface area contributed by atoms with Gasteiger partial charge in [-0.25, -0.2) is 0 Å². The van der Waals surface area contributed by atoms with E-state index in [1.165, 1.54) is 5.39 Å². The first-order valence-corrected chi connectivity index (χ1v) is 13.3. The van der Waals surface area contributed by atoms with Crippen LogP contribution >= 0.6 is 0 Å². The number of rotatable bonds is 4. The standard InChI is InChI=1S/C38H26O/c1-2-11-27-22-25(20-21-26(27)10-1)23-35-29-13-3-5-15-31(29)36(32-16-6-4-14-30(32)35)24-28-12-9-18-34-33-17-7-8-19-37(33)39-38(28)34/h1-22H,23-24H2/i3D,4D,5D,6D. The van der Waals surface area contributed by atoms with Crippen molar-refractivity contribution in [2.45, 2.75) is 12.8 Å². The first kappa shape index (κ1) is 18.4. The van der Waals surface area contributed by atoms with Crippen LogP contribution in [0.4, 0.5) is 0 Å². The first-order valence-electron chi connectivity index (χ1n) is 15.3. The maximum Gasteiger partial charge on any atom is 0.138 e. The molecule has 0 unspecified atom stereocenters. The third kappa shape index (κ3) is 3.62. The van der Waals surface area contributed by atoms with E-state index in [1.807, 2.05) is 36.4 Å². The largest absolute Gasteiger partial charge is 0.456 e. The van der Waals surface area contributed by atoms with Crippen LogP contribution in [0.3, 0.4) is 0 Å². The van der Waals surface area contributed by atoms with Crippen molar-refractivity contribution in [2.75, 3.05) is 0 Å². The molecule has 1 nitrogen and oxygen atoms in total. The van der Waals surface area contributed by atoms with Crippen LogP contribution in [0, 0.1) is 0 Å². The van der Waals surface area contributed by atoms with Crippen LogP contribution in [0.1, 0.15) is 27.7 Å². The second-order valence-electron chi connectivity index (χ2n) is 10.2. The fourth-order valence-electron chi connectivity index (χ4n) is 6.12. The van der Waals surface area contributed by atoms with E-state index in [0.29, 0.717) is 12.8 Å². The smallest absolute Gasteiger partial charge is 0.138 e. The molecule has 0 saturated carbocycles. The Morgan fingerprint density at radius 3 is 1.85 bits per heavy atom. The van der Waals surface area contributed by atoms with Crippen molar-refractivity contribution in [3.63, 3.8) is 0 Å². The third-order valence-corrected chi connectivity index (χ3v) is 7.96. The molecule has 39 heavy (non-hydrogen) atoms. The minimum Gasteiger partial charge on any atom is -0.456 e. The molecule has 1 aromatic heterocycles. The number of hydrogen-bond donors (Lipinski definition) is 0. The lowest BCUT2D eigenvalue weighted by Gasteiger charge is -2.17. The second-order valence-corrected chi connectivity index (χ2v) is 10.2. The van der Waals surface area contributed by atoms with E-state index in [4.69, 9.17) is 9.90 Å². The Morgan fingerprint density at radius 1 is 0.487 bits per heavy atom. The fraction of sp³-hybridized carbons (Fsp3) is 0.0526. The monoisotopic (exact) mass is 502 g/mol. The zero-order valence-electron chi connectivity index (χ0n) is 25.2. The molecule has 7 aromatic carbocycles. The van der Waals surface area contributed by atoms with Gasteiger partial charge in [-0.1, -0.05) is 127 Å². The van der Waals surface area contributed by atoms with Gasteiger partial charge in [-0.2, -0.15) is 0 Å². The first-order chi connectivity index (χ1) is 20.9. The van der Waals surface area contributed by atoms with Gasteiger partial charge in [-0.15, -0.1) is 0 Å². The topological polar surface area (TPSA) is 13.1 Å². The molecule has 0 aliphatic carbocycles. The molecule has 184 valence electrons. The van der Waals surface area contributed by atoms with E-state index in [-0.39, 0.29) is 24.2 Å². The van der Waals surface area contributed by atoms with E-state index < -0.39 is 0 Å². The quantitative estimate of drug-likeness (QED) is 0.218. The molecule has 0 amide bonds. The van der Waals surface area contributed by atoms with Gasteiger partial charge in [0.05, 0.1) is 5.48 Å². The van der Waals surface area contributed by atoms with E-state index in [1.54, 1.807) is 24.3 Å². The van der Waals surface area contributed by atoms with Gasteiger partial charge in [-0.3, -0.25) is 0 Å². The fourth-order valence-corrected chi connectivity index (χ4v) is 6.12. The van der Waals surface area contributed by atoms with Gasteiger partial charge in [0.15, 0.2) is 0 Å². The minimum atomic E-state index is 0.162. The highest BCUT2D eigenvalue weighted by Crippen LogP contribution is 2.38. The lowest BCUT2D eigenvalue weighted by molar-refractivity contribution is 0.664. The summed E-state index contributed by atoms with van der Waals surface area (Å²) in [4.78, 5) is 0. The Kier molecular flexibility index (Phi) is 4.17. The van der Waals surface area contributed by atoms with Gasteiger partial charge in [0.1, 0.15) is 11.2 Å². The Morgan fingerprint density at radius 2 is 1.10 bits per heavy atom. The molecule has 0 spiro atoms. The molecule has 0 bridgehead atoms. The molecule has 0 atom stereocenters. The van der Waals surface area contributed by atoms with Crippen molar-refractivity contribution in [1.82, 2.24) is 0 Å². The Hall–Kier alpha value is -4.88. The van der Waals surface area contributed by atoms with Crippen molar-refractivity contribution in [3.05, 3.63) is 156 Å². The van der Waals surface area contributed by atoms with Crippen LogP contribution in [0.15, 0.2) is 138 Å². The Bertz CT molecular complexity index is 2330. The average molecular weight is 503 g/mol. The second kappa shape index (κ2) is 8.85. The summed E-state index contributed by atoms with van der Waals surface area (Å²) in [6, 6.07) is 36.9. The zero-order chi connectivity index (χ0) is 29.2. The maximum absolute atomic E-state index is 8.58. The molecule has 8 rings (SSSR count). The van der Waals surface area contributed by atoms with Crippen molar-refractivity contribution in [3.8, 4) is 0 Å². The number of hydrogen-bond acceptors (Lipinski definition) is 1. The van der Waals surface area contributed by atoms with E-state index in [0.717, 1.165) is 71.1 Å². The highest BCUT2D eigenvalue weighted by atomic mass is 16.3. The molecular formula is C38H26O. The Balaban J connectivity index is 1.40. The molecule has 0 radical (unpaired) electrons. The molecular weight excluding hydrogens is 472 g/mol. The van der Waals surface area contributed by atoms with E-state index in [2.05, 4.69) is 48.5 Å². The van der Waals surface area contributed by atoms with Gasteiger partial charge < -0.3 is 4.42 Å². The van der Waals surface area contributed by atoms with Crippen LogP contribution in [-0.4, -0.2) is 0 Å². The lowest BCUT2D eigenvalue weighted by Crippen LogP contribution is -1.98. The van der Waals surface area contributed by atoms with Crippen LogP contribution in [-0.2, 0) is 12.8 Å². The summed E-state index contributed by atoms with van der Waals surface area (Å²) < 4.78 is 40.6. The van der Waals surface area contributed by atoms with Gasteiger partial charge in [0.25, 0.3) is 0 Å². The van der Waals surface area contributed by atoms with Crippen LogP contribution in [0.5, 0.6) is 0 Å². The zero-order valence-corrected chi connectivity index (χ0v) is 21.2. The predicted octanol–water partition coefficient (Wildman–Crippen LogP) is 10.2. The van der Waals surface area contributed by atoms with Crippen LogP contribution in [0.2, 0.25) is 0 Å². The van der Waals surface area contributed by atoms with Crippen LogP contribution < -0.4 is 0 Å². The van der Waals surface area contributed by atoms with Crippen molar-refractivity contribution in [1.29, 1.82) is 0 Å². The molecule has 0 saturated heterocycles. The summed E-state index contributed by atoms with van der Waals surface area (Å²) in [7, 11) is 0. The number of furan rings is 1. The maximum atomic E-state index is 8.58. The summed E-state index contributed by atoms with van der Waals surface area (Å²) in [6.45, 7) is 0. The SMILES string of the molecule is [2H]c1cc2c(Cc3ccc4ccccc4c3)c3cc([2H])c([2H])cc3c(Cc3cccc4c3oc3ccccc34)c2cc1[2H]. The summed E-state index contributed by atoms with van der Waals surface area (Å²) >= 11 is 0. The van der Waals surface area contributed by atoms with E-state index in [9.17, 15) is 0 Å². The summed E-state index contributed by atoms with van der Waals surface area (Å²) in [5.41, 5.74) is 5.79. The van der Waals surface area contributed by atoms with Gasteiger partial charge in [0.2, 0.25) is 0 Å². The number of para-hydroxylation sites is 2. The van der Waals surface area contributed by atoms with Crippen molar-refractivity contribution >= 4 is 54.3 Å². The van der Waals surface area contributed by atoms with Gasteiger partial charge in [-0.05, 0) is 67.1 Å². The lowest BCUT2D eigenvalue weighted by atomic mass is 9.86. The normalized spacial score (nSPS) is 13.2. The number of fused-ring (bicyclic) bond motifs is 6. The molecule has 0 fully saturated rings. The molecule has 1 heteroatoms. The highest BCUT2D eigenvalue weighted by Gasteiger charge is 2.17. The Labute approximate surface area is 232 Å². The van der Waals surface area contributed by atoms with Crippen molar-refractivity contribution < 1.29 is 9.90 Å². The molecule has 0 aliphatic rings. The summed E-state index contributed by atoms with van der Waals surface area (Å²) in [5, 5.41) is 8.07. The molecule has 0 N–H and O–H groups in total. The number of benzene rings is 7. The highest BCUT2D eigenvalue weighted by molar-refractivity contribution is 6.08.